The molecule has 0 saturated carbocycles. The summed E-state index contributed by atoms with van der Waals surface area (Å²) in [5, 5.41) is 9.78. The van der Waals surface area contributed by atoms with Crippen molar-refractivity contribution in [3.05, 3.63) is 194 Å². The lowest BCUT2D eigenvalue weighted by atomic mass is 9.86. The van der Waals surface area contributed by atoms with Crippen LogP contribution in [0.5, 0.6) is 0 Å². The van der Waals surface area contributed by atoms with Crippen LogP contribution >= 0.6 is 0 Å². The highest BCUT2D eigenvalue weighted by atomic mass is 15.4. The average Bonchev–Trinajstić information content (AvgIpc) is 4.16. The van der Waals surface area contributed by atoms with Gasteiger partial charge >= 0.3 is 7.12 Å². The average molecular weight is 795 g/mol. The van der Waals surface area contributed by atoms with Gasteiger partial charge in [-0.1, -0.05) is 72.8 Å². The summed E-state index contributed by atoms with van der Waals surface area (Å²) in [6, 6.07) is 68.3. The van der Waals surface area contributed by atoms with Crippen molar-refractivity contribution in [2.24, 2.45) is 0 Å². The van der Waals surface area contributed by atoms with E-state index in [4.69, 9.17) is 9.97 Å². The fourth-order valence-corrected chi connectivity index (χ4v) is 10.2. The summed E-state index contributed by atoms with van der Waals surface area (Å²) in [6.07, 6.45) is 0. The van der Waals surface area contributed by atoms with Gasteiger partial charge in [-0.25, -0.2) is 9.97 Å². The maximum atomic E-state index is 9.78. The standard InChI is InChI=1S/C51H31BN10/c53-32-33-27-28-39-49(29-33)59-44-22-6-4-20-42(44)57(51(59)55-39)35-14-12-16-37(31-35)61-46-24-8-10-26-48(46)62-47-25-9-7-23-45(47)60(52(61)62)36-15-11-13-34(30-36)56-41-19-3-5-21-43(41)58-40-18-2-1-17-38(40)54-50(56)58/h1-31H. The van der Waals surface area contributed by atoms with E-state index in [9.17, 15) is 5.26 Å². The fraction of sp³-hybridized carbons (Fsp3) is 0. The number of hydrogen-bond donors (Lipinski definition) is 0. The van der Waals surface area contributed by atoms with Crippen LogP contribution in [0.15, 0.2) is 188 Å². The topological polar surface area (TPSA) is 78.0 Å². The van der Waals surface area contributed by atoms with Gasteiger partial charge < -0.3 is 14.4 Å². The molecule has 10 nitrogen and oxygen atoms in total. The van der Waals surface area contributed by atoms with Gasteiger partial charge in [-0.3, -0.25) is 17.9 Å². The molecule has 8 aromatic carbocycles. The summed E-state index contributed by atoms with van der Waals surface area (Å²) in [5.74, 6) is 1.67. The lowest BCUT2D eigenvalue weighted by molar-refractivity contribution is 1.11. The van der Waals surface area contributed by atoms with Crippen LogP contribution in [0, 0.1) is 11.3 Å². The van der Waals surface area contributed by atoms with Crippen LogP contribution in [0.2, 0.25) is 0 Å². The molecule has 14 rings (SSSR count). The molecule has 6 heterocycles. The van der Waals surface area contributed by atoms with Gasteiger partial charge in [0.25, 0.3) is 0 Å². The molecule has 0 fully saturated rings. The molecule has 2 aliphatic rings. The second-order valence-electron chi connectivity index (χ2n) is 15.9. The molecule has 288 valence electrons. The summed E-state index contributed by atoms with van der Waals surface area (Å²) >= 11 is 0. The number of benzene rings is 8. The van der Waals surface area contributed by atoms with Crippen LogP contribution in [0.1, 0.15) is 5.56 Å². The molecule has 0 N–H and O–H groups in total. The Labute approximate surface area is 354 Å². The van der Waals surface area contributed by atoms with Gasteiger partial charge in [0.2, 0.25) is 11.6 Å². The number of rotatable bonds is 4. The maximum absolute atomic E-state index is 9.78. The predicted molar refractivity (Wildman–Crippen MR) is 249 cm³/mol. The summed E-state index contributed by atoms with van der Waals surface area (Å²) in [5.41, 5.74) is 17.3. The number of para-hydroxylation sites is 10. The molecular weight excluding hydrogens is 763 g/mol. The minimum absolute atomic E-state index is 0.259. The van der Waals surface area contributed by atoms with Gasteiger partial charge in [-0.15, -0.1) is 0 Å². The highest BCUT2D eigenvalue weighted by Crippen LogP contribution is 2.56. The quantitative estimate of drug-likeness (QED) is 0.165. The minimum Gasteiger partial charge on any atom is -0.343 e. The first-order chi connectivity index (χ1) is 30.7. The number of anilines is 6. The normalized spacial score (nSPS) is 13.3. The summed E-state index contributed by atoms with van der Waals surface area (Å²) in [6.45, 7) is 0. The molecule has 0 bridgehead atoms. The van der Waals surface area contributed by atoms with Crippen LogP contribution in [0.4, 0.5) is 34.1 Å². The maximum Gasteiger partial charge on any atom is 0.519 e. The molecule has 12 aromatic rings. The Morgan fingerprint density at radius 1 is 0.371 bits per heavy atom. The van der Waals surface area contributed by atoms with Crippen LogP contribution < -0.4 is 14.4 Å². The van der Waals surface area contributed by atoms with E-state index in [0.717, 1.165) is 101 Å². The van der Waals surface area contributed by atoms with E-state index in [2.05, 4.69) is 202 Å². The Kier molecular flexibility index (Phi) is 6.50. The van der Waals surface area contributed by atoms with Crippen molar-refractivity contribution in [2.75, 3.05) is 14.4 Å². The molecule has 0 radical (unpaired) electrons. The third-order valence-electron chi connectivity index (χ3n) is 12.7. The zero-order valence-corrected chi connectivity index (χ0v) is 32.9. The third-order valence-corrected chi connectivity index (χ3v) is 12.7. The Morgan fingerprint density at radius 3 is 1.35 bits per heavy atom. The molecule has 0 saturated heterocycles. The molecule has 0 aliphatic carbocycles. The number of nitrogens with zero attached hydrogens (tertiary/aromatic N) is 10. The van der Waals surface area contributed by atoms with Crippen molar-refractivity contribution in [1.29, 1.82) is 5.26 Å². The van der Waals surface area contributed by atoms with E-state index in [1.165, 1.54) is 0 Å². The first kappa shape index (κ1) is 33.1. The van der Waals surface area contributed by atoms with E-state index in [1.807, 2.05) is 24.3 Å². The predicted octanol–water partition coefficient (Wildman–Crippen LogP) is 11.5. The minimum atomic E-state index is -0.259. The largest absolute Gasteiger partial charge is 0.519 e. The number of hydrogen-bond acceptors (Lipinski definition) is 6. The smallest absolute Gasteiger partial charge is 0.343 e. The second kappa shape index (κ2) is 12.2. The van der Waals surface area contributed by atoms with Crippen LogP contribution in [0.25, 0.3) is 67.1 Å². The van der Waals surface area contributed by atoms with E-state index in [-0.39, 0.29) is 7.12 Å². The van der Waals surface area contributed by atoms with Gasteiger partial charge in [0.15, 0.2) is 0 Å². The van der Waals surface area contributed by atoms with Crippen molar-refractivity contribution in [3.8, 4) is 17.4 Å². The molecule has 0 atom stereocenters. The Bertz CT molecular complexity index is 3900. The van der Waals surface area contributed by atoms with Gasteiger partial charge in [0.05, 0.1) is 89.9 Å². The summed E-state index contributed by atoms with van der Waals surface area (Å²) in [4.78, 5) is 17.7. The molecule has 4 aromatic heterocycles. The van der Waals surface area contributed by atoms with Crippen molar-refractivity contribution in [3.63, 3.8) is 0 Å². The zero-order valence-electron chi connectivity index (χ0n) is 32.9. The molecule has 11 heteroatoms. The van der Waals surface area contributed by atoms with E-state index >= 15 is 0 Å². The molecule has 2 aliphatic heterocycles. The van der Waals surface area contributed by atoms with Gasteiger partial charge in [-0.2, -0.15) is 5.26 Å². The molecule has 0 amide bonds. The van der Waals surface area contributed by atoms with E-state index in [1.54, 1.807) is 0 Å². The summed E-state index contributed by atoms with van der Waals surface area (Å²) < 4.78 is 8.95. The Balaban J connectivity index is 0.964. The first-order valence-electron chi connectivity index (χ1n) is 20.7. The van der Waals surface area contributed by atoms with Gasteiger partial charge in [-0.05, 0) is 115 Å². The van der Waals surface area contributed by atoms with E-state index in [0.29, 0.717) is 5.56 Å². The van der Waals surface area contributed by atoms with Crippen molar-refractivity contribution in [2.45, 2.75) is 0 Å². The number of imidazole rings is 4. The lowest BCUT2D eigenvalue weighted by Crippen LogP contribution is -2.51. The highest BCUT2D eigenvalue weighted by molar-refractivity contribution is 6.80. The van der Waals surface area contributed by atoms with E-state index < -0.39 is 0 Å². The SMILES string of the molecule is N#Cc1ccc2nc3n(-c4cccc(N5B6N(c7cccc(-n8c9ccccc9n9c%10ccccc%10nc89)c7)c7ccccc7N6c6ccccc65)c4)c4ccccc4n3c2c1. The van der Waals surface area contributed by atoms with Crippen LogP contribution in [-0.4, -0.2) is 35.0 Å². The summed E-state index contributed by atoms with van der Waals surface area (Å²) in [7, 11) is -0.259. The number of nitriles is 1. The Morgan fingerprint density at radius 2 is 0.806 bits per heavy atom. The third kappa shape index (κ3) is 4.31. The second-order valence-corrected chi connectivity index (χ2v) is 15.9. The molecule has 0 spiro atoms. The Hall–Kier alpha value is -8.75. The monoisotopic (exact) mass is 794 g/mol. The van der Waals surface area contributed by atoms with Crippen molar-refractivity contribution < 1.29 is 0 Å². The van der Waals surface area contributed by atoms with Crippen LogP contribution in [0.3, 0.4) is 0 Å². The van der Waals surface area contributed by atoms with Crippen molar-refractivity contribution >= 4 is 96.9 Å². The van der Waals surface area contributed by atoms with Crippen molar-refractivity contribution in [1.82, 2.24) is 27.9 Å². The lowest BCUT2D eigenvalue weighted by Gasteiger charge is -2.32. The highest BCUT2D eigenvalue weighted by Gasteiger charge is 2.53. The zero-order chi connectivity index (χ0) is 40.6. The number of aromatic nitrogens is 6. The van der Waals surface area contributed by atoms with Gasteiger partial charge in [0, 0.05) is 11.4 Å². The molecule has 62 heavy (non-hydrogen) atoms. The number of fused-ring (bicyclic) bond motifs is 15. The first-order valence-corrected chi connectivity index (χ1v) is 20.7. The van der Waals surface area contributed by atoms with Gasteiger partial charge in [0.1, 0.15) is 0 Å². The fourth-order valence-electron chi connectivity index (χ4n) is 10.2. The molecular formula is C51H31BN10. The van der Waals surface area contributed by atoms with Crippen LogP contribution in [-0.2, 0) is 0 Å². The molecule has 0 unspecified atom stereocenters.